The molecule has 0 bridgehead atoms. The van der Waals surface area contributed by atoms with Crippen LogP contribution >= 0.6 is 39.9 Å². The molecule has 0 aliphatic heterocycles. The number of hydrogen-bond donors (Lipinski definition) is 2. The molecule has 0 unspecified atom stereocenters. The molecular weight excluding hydrogens is 485 g/mol. The van der Waals surface area contributed by atoms with Crippen LogP contribution < -0.4 is 15.4 Å². The van der Waals surface area contributed by atoms with Crippen LogP contribution in [0.5, 0.6) is 5.75 Å². The number of methoxy groups -OCH3 is 1. The minimum absolute atomic E-state index is 0. The minimum atomic E-state index is 0. The van der Waals surface area contributed by atoms with Crippen molar-refractivity contribution in [3.63, 3.8) is 0 Å². The molecule has 1 heterocycles. The van der Waals surface area contributed by atoms with E-state index in [0.29, 0.717) is 6.54 Å². The minimum Gasteiger partial charge on any atom is -0.496 e. The van der Waals surface area contributed by atoms with Gasteiger partial charge in [-0.2, -0.15) is 0 Å². The number of hydrogen-bond acceptors (Lipinski definition) is 3. The number of halogens is 2. The normalized spacial score (nSPS) is 10.9. The summed E-state index contributed by atoms with van der Waals surface area (Å²) in [6, 6.07) is 9.92. The summed E-state index contributed by atoms with van der Waals surface area (Å²) in [4.78, 5) is 4.20. The molecule has 0 amide bonds. The monoisotopic (exact) mass is 507 g/mol. The Morgan fingerprint density at radius 1 is 1.29 bits per heavy atom. The SMILES string of the molecule is CN=C(NCCCc1ccc(Br)cc1OC)NCc1ccco1.I. The van der Waals surface area contributed by atoms with E-state index in [1.165, 1.54) is 5.56 Å². The Balaban J connectivity index is 0.00000288. The van der Waals surface area contributed by atoms with Gasteiger partial charge in [0, 0.05) is 18.1 Å². The van der Waals surface area contributed by atoms with Crippen molar-refractivity contribution in [2.24, 2.45) is 4.99 Å². The lowest BCUT2D eigenvalue weighted by molar-refractivity contribution is 0.409. The van der Waals surface area contributed by atoms with Gasteiger partial charge < -0.3 is 19.8 Å². The second-order valence-electron chi connectivity index (χ2n) is 4.99. The molecule has 0 aliphatic rings. The molecule has 132 valence electrons. The van der Waals surface area contributed by atoms with E-state index in [-0.39, 0.29) is 24.0 Å². The highest BCUT2D eigenvalue weighted by molar-refractivity contribution is 14.0. The molecule has 0 saturated heterocycles. The first-order valence-electron chi connectivity index (χ1n) is 7.52. The van der Waals surface area contributed by atoms with Crippen molar-refractivity contribution < 1.29 is 9.15 Å². The second-order valence-corrected chi connectivity index (χ2v) is 5.91. The molecule has 1 aromatic carbocycles. The Hall–Kier alpha value is -1.22. The zero-order chi connectivity index (χ0) is 16.5. The van der Waals surface area contributed by atoms with Gasteiger partial charge in [-0.1, -0.05) is 22.0 Å². The van der Waals surface area contributed by atoms with Crippen molar-refractivity contribution in [3.05, 3.63) is 52.4 Å². The zero-order valence-corrected chi connectivity index (χ0v) is 17.8. The Bertz CT molecular complexity index is 633. The summed E-state index contributed by atoms with van der Waals surface area (Å²) in [7, 11) is 3.46. The molecule has 0 aliphatic carbocycles. The first-order chi connectivity index (χ1) is 11.2. The number of aryl methyl sites for hydroxylation is 1. The van der Waals surface area contributed by atoms with Gasteiger partial charge in [0.25, 0.3) is 0 Å². The van der Waals surface area contributed by atoms with Crippen molar-refractivity contribution in [2.75, 3.05) is 20.7 Å². The largest absolute Gasteiger partial charge is 0.496 e. The molecule has 7 heteroatoms. The molecule has 1 aromatic heterocycles. The molecule has 0 spiro atoms. The van der Waals surface area contributed by atoms with Gasteiger partial charge >= 0.3 is 0 Å². The summed E-state index contributed by atoms with van der Waals surface area (Å²) in [5, 5.41) is 6.51. The molecule has 0 atom stereocenters. The van der Waals surface area contributed by atoms with E-state index >= 15 is 0 Å². The average molecular weight is 508 g/mol. The van der Waals surface area contributed by atoms with E-state index in [9.17, 15) is 0 Å². The third-order valence-electron chi connectivity index (χ3n) is 3.40. The zero-order valence-electron chi connectivity index (χ0n) is 13.8. The maximum Gasteiger partial charge on any atom is 0.191 e. The number of ether oxygens (including phenoxy) is 1. The van der Waals surface area contributed by atoms with E-state index < -0.39 is 0 Å². The Labute approximate surface area is 168 Å². The van der Waals surface area contributed by atoms with E-state index in [1.807, 2.05) is 24.3 Å². The van der Waals surface area contributed by atoms with E-state index in [4.69, 9.17) is 9.15 Å². The van der Waals surface area contributed by atoms with Crippen molar-refractivity contribution >= 4 is 45.9 Å². The molecule has 2 aromatic rings. The van der Waals surface area contributed by atoms with Crippen LogP contribution in [-0.4, -0.2) is 26.7 Å². The molecule has 24 heavy (non-hydrogen) atoms. The predicted octanol–water partition coefficient (Wildman–Crippen LogP) is 3.97. The fourth-order valence-electron chi connectivity index (χ4n) is 2.22. The van der Waals surface area contributed by atoms with Crippen LogP contribution in [0.1, 0.15) is 17.7 Å². The van der Waals surface area contributed by atoms with Gasteiger partial charge in [0.15, 0.2) is 5.96 Å². The summed E-state index contributed by atoms with van der Waals surface area (Å²) in [6.07, 6.45) is 3.59. The lowest BCUT2D eigenvalue weighted by atomic mass is 10.1. The second kappa shape index (κ2) is 11.4. The molecule has 2 rings (SSSR count). The van der Waals surface area contributed by atoms with Gasteiger partial charge in [0.2, 0.25) is 0 Å². The van der Waals surface area contributed by atoms with Gasteiger partial charge in [-0.25, -0.2) is 0 Å². The van der Waals surface area contributed by atoms with Crippen molar-refractivity contribution in [2.45, 2.75) is 19.4 Å². The molecule has 0 radical (unpaired) electrons. The summed E-state index contributed by atoms with van der Waals surface area (Å²) in [5.74, 6) is 2.57. The smallest absolute Gasteiger partial charge is 0.191 e. The quantitative estimate of drug-likeness (QED) is 0.258. The van der Waals surface area contributed by atoms with Crippen molar-refractivity contribution in [1.82, 2.24) is 10.6 Å². The van der Waals surface area contributed by atoms with Crippen LogP contribution in [0.25, 0.3) is 0 Å². The highest BCUT2D eigenvalue weighted by Gasteiger charge is 2.04. The van der Waals surface area contributed by atoms with Crippen LogP contribution in [0.2, 0.25) is 0 Å². The molecule has 0 saturated carbocycles. The van der Waals surface area contributed by atoms with Crippen LogP contribution in [0.4, 0.5) is 0 Å². The Morgan fingerprint density at radius 3 is 2.79 bits per heavy atom. The Kier molecular flexibility index (Phi) is 9.85. The van der Waals surface area contributed by atoms with Crippen LogP contribution in [0, 0.1) is 0 Å². The Morgan fingerprint density at radius 2 is 2.12 bits per heavy atom. The third-order valence-corrected chi connectivity index (χ3v) is 3.89. The summed E-state index contributed by atoms with van der Waals surface area (Å²) in [6.45, 7) is 1.45. The number of benzene rings is 1. The topological polar surface area (TPSA) is 58.8 Å². The molecule has 2 N–H and O–H groups in total. The number of nitrogens with zero attached hydrogens (tertiary/aromatic N) is 1. The number of aliphatic imine (C=N–C) groups is 1. The van der Waals surface area contributed by atoms with E-state index in [2.05, 4.69) is 37.6 Å². The maximum absolute atomic E-state index is 5.41. The molecular formula is C17H23BrIN3O2. The number of guanidine groups is 1. The van der Waals surface area contributed by atoms with Crippen LogP contribution in [0.15, 0.2) is 50.5 Å². The maximum atomic E-state index is 5.41. The summed E-state index contributed by atoms with van der Waals surface area (Å²) < 4.78 is 11.7. The first kappa shape index (κ1) is 20.8. The van der Waals surface area contributed by atoms with Crippen LogP contribution in [-0.2, 0) is 13.0 Å². The average Bonchev–Trinajstić information content (AvgIpc) is 3.08. The van der Waals surface area contributed by atoms with Crippen LogP contribution in [0.3, 0.4) is 0 Å². The molecule has 0 fully saturated rings. The van der Waals surface area contributed by atoms with Gasteiger partial charge in [-0.3, -0.25) is 4.99 Å². The highest BCUT2D eigenvalue weighted by atomic mass is 127. The van der Waals surface area contributed by atoms with E-state index in [1.54, 1.807) is 20.4 Å². The number of rotatable bonds is 7. The standard InChI is InChI=1S/C17H22BrN3O2.HI/c1-19-17(21-12-15-6-4-10-23-15)20-9-3-5-13-7-8-14(18)11-16(13)22-2;/h4,6-8,10-11H,3,5,9,12H2,1-2H3,(H2,19,20,21);1H. The first-order valence-corrected chi connectivity index (χ1v) is 8.31. The van der Waals surface area contributed by atoms with Gasteiger partial charge in [-0.05, 0) is 42.7 Å². The van der Waals surface area contributed by atoms with Gasteiger partial charge in [0.05, 0.1) is 19.9 Å². The van der Waals surface area contributed by atoms with Gasteiger partial charge in [-0.15, -0.1) is 24.0 Å². The summed E-state index contributed by atoms with van der Waals surface area (Å²) in [5.41, 5.74) is 1.20. The number of nitrogens with one attached hydrogen (secondary N) is 2. The number of furan rings is 1. The summed E-state index contributed by atoms with van der Waals surface area (Å²) >= 11 is 3.46. The fraction of sp³-hybridized carbons (Fsp3) is 0.353. The lowest BCUT2D eigenvalue weighted by Gasteiger charge is -2.12. The highest BCUT2D eigenvalue weighted by Crippen LogP contribution is 2.24. The van der Waals surface area contributed by atoms with Crippen molar-refractivity contribution in [3.8, 4) is 5.75 Å². The fourth-order valence-corrected chi connectivity index (χ4v) is 2.56. The van der Waals surface area contributed by atoms with Gasteiger partial charge in [0.1, 0.15) is 11.5 Å². The van der Waals surface area contributed by atoms with E-state index in [0.717, 1.165) is 41.3 Å². The third kappa shape index (κ3) is 6.72. The van der Waals surface area contributed by atoms with Crippen molar-refractivity contribution in [1.29, 1.82) is 0 Å². The predicted molar refractivity (Wildman–Crippen MR) is 111 cm³/mol. The molecule has 5 nitrogen and oxygen atoms in total. The lowest BCUT2D eigenvalue weighted by Crippen LogP contribution is -2.37.